The summed E-state index contributed by atoms with van der Waals surface area (Å²) < 4.78 is 1.85. The maximum absolute atomic E-state index is 12.5. The number of benzene rings is 1. The van der Waals surface area contributed by atoms with Gasteiger partial charge in [-0.15, -0.1) is 0 Å². The Morgan fingerprint density at radius 3 is 2.90 bits per heavy atom. The average Bonchev–Trinajstić information content (AvgIpc) is 2.49. The van der Waals surface area contributed by atoms with Crippen molar-refractivity contribution >= 4 is 16.6 Å². The van der Waals surface area contributed by atoms with E-state index in [1.807, 2.05) is 28.8 Å². The van der Waals surface area contributed by atoms with Gasteiger partial charge in [0.05, 0.1) is 11.2 Å². The Hall–Kier alpha value is -1.81. The average molecular weight is 271 g/mol. The molecule has 1 aromatic heterocycles. The first-order valence-electron chi connectivity index (χ1n) is 7.31. The Morgan fingerprint density at radius 1 is 1.35 bits per heavy atom. The van der Waals surface area contributed by atoms with Gasteiger partial charge in [-0.3, -0.25) is 4.79 Å². The van der Waals surface area contributed by atoms with Crippen LogP contribution in [-0.2, 0) is 0 Å². The van der Waals surface area contributed by atoms with E-state index in [1.54, 1.807) is 6.07 Å². The van der Waals surface area contributed by atoms with Gasteiger partial charge in [-0.25, -0.2) is 0 Å². The van der Waals surface area contributed by atoms with Gasteiger partial charge in [0.2, 0.25) is 0 Å². The summed E-state index contributed by atoms with van der Waals surface area (Å²) in [5.41, 5.74) is 7.11. The summed E-state index contributed by atoms with van der Waals surface area (Å²) in [6.07, 6.45) is 3.55. The Labute approximate surface area is 118 Å². The quantitative estimate of drug-likeness (QED) is 0.881. The Kier molecular flexibility index (Phi) is 3.49. The van der Waals surface area contributed by atoms with Gasteiger partial charge in [-0.2, -0.15) is 0 Å². The predicted octanol–water partition coefficient (Wildman–Crippen LogP) is 2.29. The van der Waals surface area contributed by atoms with E-state index in [9.17, 15) is 4.79 Å². The zero-order valence-electron chi connectivity index (χ0n) is 11.8. The fourth-order valence-corrected chi connectivity index (χ4v) is 3.18. The van der Waals surface area contributed by atoms with Crippen molar-refractivity contribution in [1.82, 2.24) is 9.88 Å². The highest BCUT2D eigenvalue weighted by Crippen LogP contribution is 2.23. The van der Waals surface area contributed by atoms with Gasteiger partial charge >= 0.3 is 0 Å². The van der Waals surface area contributed by atoms with E-state index in [1.165, 1.54) is 12.8 Å². The lowest BCUT2D eigenvalue weighted by Crippen LogP contribution is -2.43. The number of nitrogens with two attached hydrogens (primary N) is 1. The van der Waals surface area contributed by atoms with E-state index in [2.05, 4.69) is 12.2 Å². The van der Waals surface area contributed by atoms with E-state index in [0.717, 1.165) is 23.9 Å². The summed E-state index contributed by atoms with van der Waals surface area (Å²) in [6.45, 7) is 3.14. The number of rotatable bonds is 2. The molecule has 1 saturated heterocycles. The summed E-state index contributed by atoms with van der Waals surface area (Å²) in [5.74, 6) is 0. The number of nitrogen functional groups attached to an aromatic ring is 1. The molecule has 0 spiro atoms. The molecule has 0 amide bonds. The summed E-state index contributed by atoms with van der Waals surface area (Å²) >= 11 is 0. The second-order valence-corrected chi connectivity index (χ2v) is 5.63. The van der Waals surface area contributed by atoms with Crippen molar-refractivity contribution in [2.75, 3.05) is 12.3 Å². The lowest BCUT2D eigenvalue weighted by Gasteiger charge is -2.31. The van der Waals surface area contributed by atoms with E-state index >= 15 is 0 Å². The fourth-order valence-electron chi connectivity index (χ4n) is 3.18. The van der Waals surface area contributed by atoms with E-state index < -0.39 is 0 Å². The van der Waals surface area contributed by atoms with Crippen molar-refractivity contribution in [3.05, 3.63) is 40.7 Å². The molecule has 20 heavy (non-hydrogen) atoms. The number of anilines is 1. The number of nitrogens with zero attached hydrogens (tertiary/aromatic N) is 1. The monoisotopic (exact) mass is 271 g/mol. The van der Waals surface area contributed by atoms with Gasteiger partial charge in [0.25, 0.3) is 5.56 Å². The maximum Gasteiger partial charge on any atom is 0.274 e. The van der Waals surface area contributed by atoms with Crippen molar-refractivity contribution in [3.8, 4) is 0 Å². The summed E-state index contributed by atoms with van der Waals surface area (Å²) in [4.78, 5) is 12.5. The van der Waals surface area contributed by atoms with Crippen LogP contribution in [0.2, 0.25) is 0 Å². The molecule has 4 heteroatoms. The minimum atomic E-state index is -0.0800. The molecule has 2 atom stereocenters. The largest absolute Gasteiger partial charge is 0.394 e. The minimum absolute atomic E-state index is 0.0800. The highest BCUT2D eigenvalue weighted by molar-refractivity contribution is 5.81. The van der Waals surface area contributed by atoms with Gasteiger partial charge in [0, 0.05) is 17.5 Å². The molecule has 2 aromatic rings. The van der Waals surface area contributed by atoms with Crippen LogP contribution in [0.1, 0.15) is 32.2 Å². The molecule has 3 N–H and O–H groups in total. The molecular formula is C16H21N3O. The third-order valence-electron chi connectivity index (χ3n) is 4.31. The molecule has 4 nitrogen and oxygen atoms in total. The number of hydrogen-bond donors (Lipinski definition) is 2. The molecule has 2 heterocycles. The zero-order chi connectivity index (χ0) is 14.1. The summed E-state index contributed by atoms with van der Waals surface area (Å²) in [6, 6.07) is 10.2. The van der Waals surface area contributed by atoms with E-state index in [-0.39, 0.29) is 11.6 Å². The van der Waals surface area contributed by atoms with Crippen LogP contribution in [0.3, 0.4) is 0 Å². The normalized spacial score (nSPS) is 20.9. The molecule has 0 bridgehead atoms. The number of fused-ring (bicyclic) bond motifs is 1. The SMILES string of the molecule is CC(C1CCCCN1)n1c(=O)c(N)cc2ccccc21. The van der Waals surface area contributed by atoms with E-state index in [4.69, 9.17) is 5.73 Å². The summed E-state index contributed by atoms with van der Waals surface area (Å²) in [5, 5.41) is 4.55. The second kappa shape index (κ2) is 5.29. The third kappa shape index (κ3) is 2.20. The number of piperidine rings is 1. The fraction of sp³-hybridized carbons (Fsp3) is 0.438. The van der Waals surface area contributed by atoms with Crippen molar-refractivity contribution in [2.45, 2.75) is 38.3 Å². The molecule has 0 aliphatic carbocycles. The van der Waals surface area contributed by atoms with Crippen LogP contribution in [-0.4, -0.2) is 17.2 Å². The van der Waals surface area contributed by atoms with Crippen molar-refractivity contribution < 1.29 is 0 Å². The lowest BCUT2D eigenvalue weighted by molar-refractivity contribution is 0.309. The molecule has 2 unspecified atom stereocenters. The molecule has 0 saturated carbocycles. The Bertz CT molecular complexity index is 671. The van der Waals surface area contributed by atoms with Crippen LogP contribution in [0.4, 0.5) is 5.69 Å². The summed E-state index contributed by atoms with van der Waals surface area (Å²) in [7, 11) is 0. The number of hydrogen-bond acceptors (Lipinski definition) is 3. The van der Waals surface area contributed by atoms with Crippen LogP contribution in [0.5, 0.6) is 0 Å². The minimum Gasteiger partial charge on any atom is -0.394 e. The first-order valence-corrected chi connectivity index (χ1v) is 7.31. The molecule has 3 rings (SSSR count). The van der Waals surface area contributed by atoms with Crippen LogP contribution >= 0.6 is 0 Å². The molecule has 1 aliphatic heterocycles. The topological polar surface area (TPSA) is 60.0 Å². The van der Waals surface area contributed by atoms with Gasteiger partial charge in [0.15, 0.2) is 0 Å². The van der Waals surface area contributed by atoms with Crippen LogP contribution in [0, 0.1) is 0 Å². The van der Waals surface area contributed by atoms with Crippen LogP contribution in [0.15, 0.2) is 35.1 Å². The number of nitrogens with one attached hydrogen (secondary N) is 1. The highest BCUT2D eigenvalue weighted by atomic mass is 16.1. The second-order valence-electron chi connectivity index (χ2n) is 5.63. The van der Waals surface area contributed by atoms with Gasteiger partial charge < -0.3 is 15.6 Å². The van der Waals surface area contributed by atoms with Crippen molar-refractivity contribution in [3.63, 3.8) is 0 Å². The van der Waals surface area contributed by atoms with Gasteiger partial charge in [-0.05, 0) is 38.4 Å². The highest BCUT2D eigenvalue weighted by Gasteiger charge is 2.23. The molecule has 0 radical (unpaired) electrons. The zero-order valence-corrected chi connectivity index (χ0v) is 11.8. The molecule has 1 aromatic carbocycles. The first-order chi connectivity index (χ1) is 9.68. The first kappa shape index (κ1) is 13.2. The smallest absolute Gasteiger partial charge is 0.274 e. The Morgan fingerprint density at radius 2 is 2.15 bits per heavy atom. The molecule has 1 fully saturated rings. The van der Waals surface area contributed by atoms with Crippen molar-refractivity contribution in [1.29, 1.82) is 0 Å². The van der Waals surface area contributed by atoms with E-state index in [0.29, 0.717) is 11.7 Å². The van der Waals surface area contributed by atoms with Crippen LogP contribution < -0.4 is 16.6 Å². The number of pyridine rings is 1. The number of para-hydroxylation sites is 1. The maximum atomic E-state index is 12.5. The van der Waals surface area contributed by atoms with Gasteiger partial charge in [0.1, 0.15) is 0 Å². The van der Waals surface area contributed by atoms with Crippen LogP contribution in [0.25, 0.3) is 10.9 Å². The Balaban J connectivity index is 2.13. The number of aromatic nitrogens is 1. The third-order valence-corrected chi connectivity index (χ3v) is 4.31. The standard InChI is InChI=1S/C16H21N3O/c1-11(14-7-4-5-9-18-14)19-15-8-3-2-6-12(15)10-13(17)16(19)20/h2-3,6,8,10-11,14,18H,4-5,7,9,17H2,1H3. The lowest BCUT2D eigenvalue weighted by atomic mass is 9.98. The van der Waals surface area contributed by atoms with Crippen molar-refractivity contribution in [2.24, 2.45) is 0 Å². The molecular weight excluding hydrogens is 250 g/mol. The van der Waals surface area contributed by atoms with Gasteiger partial charge in [-0.1, -0.05) is 24.6 Å². The molecule has 1 aliphatic rings. The molecule has 106 valence electrons. The predicted molar refractivity (Wildman–Crippen MR) is 83.0 cm³/mol.